The molecule has 0 saturated heterocycles. The summed E-state index contributed by atoms with van der Waals surface area (Å²) in [6.45, 7) is 2.14. The van der Waals surface area contributed by atoms with Crippen LogP contribution in [0.3, 0.4) is 0 Å². The van der Waals surface area contributed by atoms with Crippen LogP contribution in [0.2, 0.25) is 0 Å². The lowest BCUT2D eigenvalue weighted by molar-refractivity contribution is 0.372. The van der Waals surface area contributed by atoms with Gasteiger partial charge >= 0.3 is 0 Å². The summed E-state index contributed by atoms with van der Waals surface area (Å²) in [4.78, 5) is 2.31. The Kier molecular flexibility index (Phi) is 3.28. The lowest BCUT2D eigenvalue weighted by atomic mass is 10.1. The smallest absolute Gasteiger partial charge is 0.114 e. The van der Waals surface area contributed by atoms with E-state index in [2.05, 4.69) is 66.7 Å². The summed E-state index contributed by atoms with van der Waals surface area (Å²) in [6, 6.07) is 0. The van der Waals surface area contributed by atoms with Crippen LogP contribution < -0.4 is 0 Å². The molecule has 0 aromatic carbocycles. The van der Waals surface area contributed by atoms with Crippen LogP contribution in [0.25, 0.3) is 5.57 Å². The minimum atomic E-state index is 0.974. The molecule has 0 radical (unpaired) electrons. The number of nitrogens with zero attached hydrogens (tertiary/aromatic N) is 2. The monoisotopic (exact) mass is 367 g/mol. The molecule has 76 valence electrons. The van der Waals surface area contributed by atoms with Crippen molar-refractivity contribution in [2.45, 2.75) is 6.42 Å². The van der Waals surface area contributed by atoms with Gasteiger partial charge in [0.15, 0.2) is 0 Å². The van der Waals surface area contributed by atoms with Crippen LogP contribution >= 0.6 is 38.5 Å². The molecule has 1 aromatic rings. The zero-order valence-corrected chi connectivity index (χ0v) is 11.6. The van der Waals surface area contributed by atoms with Crippen LogP contribution in [0, 0.1) is 3.57 Å². The Balaban J connectivity index is 2.31. The summed E-state index contributed by atoms with van der Waals surface area (Å²) >= 11 is 5.74. The summed E-state index contributed by atoms with van der Waals surface area (Å²) in [5, 5.41) is 7.25. The Bertz CT molecular complexity index is 372. The third-order valence-electron chi connectivity index (χ3n) is 2.31. The van der Waals surface area contributed by atoms with Crippen molar-refractivity contribution in [3.05, 3.63) is 19.9 Å². The molecule has 1 aromatic heterocycles. The number of halogens is 2. The zero-order valence-electron chi connectivity index (χ0n) is 7.85. The number of rotatable bonds is 1. The van der Waals surface area contributed by atoms with E-state index in [1.807, 2.05) is 0 Å². The molecule has 1 aliphatic heterocycles. The molecule has 0 saturated carbocycles. The van der Waals surface area contributed by atoms with Crippen LogP contribution in [-0.4, -0.2) is 35.2 Å². The summed E-state index contributed by atoms with van der Waals surface area (Å²) in [6.07, 6.45) is 3.40. The molecule has 0 fully saturated rings. The van der Waals surface area contributed by atoms with Gasteiger partial charge in [-0.1, -0.05) is 6.08 Å². The highest BCUT2D eigenvalue weighted by Crippen LogP contribution is 2.27. The maximum Gasteiger partial charge on any atom is 0.114 e. The number of aromatic amines is 1. The molecule has 14 heavy (non-hydrogen) atoms. The summed E-state index contributed by atoms with van der Waals surface area (Å²) in [7, 11) is 2.14. The average molecular weight is 368 g/mol. The molecule has 0 bridgehead atoms. The van der Waals surface area contributed by atoms with Gasteiger partial charge < -0.3 is 4.90 Å². The largest absolute Gasteiger partial charge is 0.302 e. The molecule has 2 rings (SSSR count). The predicted molar refractivity (Wildman–Crippen MR) is 69.1 cm³/mol. The van der Waals surface area contributed by atoms with Crippen molar-refractivity contribution in [1.82, 2.24) is 15.1 Å². The molecule has 0 atom stereocenters. The van der Waals surface area contributed by atoms with Crippen molar-refractivity contribution in [3.8, 4) is 0 Å². The van der Waals surface area contributed by atoms with Gasteiger partial charge in [-0.25, -0.2) is 0 Å². The van der Waals surface area contributed by atoms with Crippen LogP contribution in [0.1, 0.15) is 12.1 Å². The minimum absolute atomic E-state index is 0.974. The maximum atomic E-state index is 4.30. The number of hydrogen-bond donors (Lipinski definition) is 1. The van der Waals surface area contributed by atoms with Gasteiger partial charge in [-0.05, 0) is 57.6 Å². The van der Waals surface area contributed by atoms with Gasteiger partial charge in [0.1, 0.15) is 10.3 Å². The molecule has 1 aliphatic rings. The highest BCUT2D eigenvalue weighted by atomic mass is 127. The van der Waals surface area contributed by atoms with Crippen molar-refractivity contribution >= 4 is 44.1 Å². The highest BCUT2D eigenvalue weighted by Gasteiger charge is 2.16. The Morgan fingerprint density at radius 3 is 3.00 bits per heavy atom. The first-order chi connectivity index (χ1) is 6.68. The first-order valence-corrected chi connectivity index (χ1v) is 6.33. The molecule has 5 heteroatoms. The van der Waals surface area contributed by atoms with Gasteiger partial charge in [-0.3, -0.25) is 5.10 Å². The third kappa shape index (κ3) is 2.04. The van der Waals surface area contributed by atoms with Crippen LogP contribution in [0.5, 0.6) is 0 Å². The molecule has 0 unspecified atom stereocenters. The van der Waals surface area contributed by atoms with E-state index >= 15 is 0 Å². The Morgan fingerprint density at radius 1 is 1.64 bits per heavy atom. The summed E-state index contributed by atoms with van der Waals surface area (Å²) < 4.78 is 2.14. The minimum Gasteiger partial charge on any atom is -0.302 e. The van der Waals surface area contributed by atoms with Gasteiger partial charge in [-0.2, -0.15) is 5.10 Å². The molecule has 1 N–H and O–H groups in total. The first-order valence-electron chi connectivity index (χ1n) is 4.46. The fourth-order valence-electron chi connectivity index (χ4n) is 1.58. The fraction of sp³-hybridized carbons (Fsp3) is 0.444. The summed E-state index contributed by atoms with van der Waals surface area (Å²) in [5.41, 5.74) is 2.41. The predicted octanol–water partition coefficient (Wildman–Crippen LogP) is 2.50. The second-order valence-corrected chi connectivity index (χ2v) is 5.33. The molecular weight excluding hydrogens is 357 g/mol. The van der Waals surface area contributed by atoms with Gasteiger partial charge in [0.25, 0.3) is 0 Å². The SMILES string of the molecule is CN1CCC=C(c2n[nH]c(Br)c2I)C1. The maximum absolute atomic E-state index is 4.30. The second kappa shape index (κ2) is 4.32. The van der Waals surface area contributed by atoms with Gasteiger partial charge in [0.2, 0.25) is 0 Å². The Hall–Kier alpha value is 0.120. The van der Waals surface area contributed by atoms with E-state index in [9.17, 15) is 0 Å². The second-order valence-electron chi connectivity index (χ2n) is 3.46. The Labute approximate surface area is 105 Å². The topological polar surface area (TPSA) is 31.9 Å². The van der Waals surface area contributed by atoms with E-state index < -0.39 is 0 Å². The Morgan fingerprint density at radius 2 is 2.43 bits per heavy atom. The molecule has 3 nitrogen and oxygen atoms in total. The van der Waals surface area contributed by atoms with E-state index in [0.29, 0.717) is 0 Å². The van der Waals surface area contributed by atoms with Crippen LogP contribution in [-0.2, 0) is 0 Å². The summed E-state index contributed by atoms with van der Waals surface area (Å²) in [5.74, 6) is 0. The molecule has 0 aliphatic carbocycles. The van der Waals surface area contributed by atoms with Crippen molar-refractivity contribution in [3.63, 3.8) is 0 Å². The quantitative estimate of drug-likeness (QED) is 0.773. The van der Waals surface area contributed by atoms with E-state index in [0.717, 1.165) is 29.8 Å². The number of aromatic nitrogens is 2. The van der Waals surface area contributed by atoms with E-state index in [1.165, 1.54) is 9.14 Å². The lowest BCUT2D eigenvalue weighted by Gasteiger charge is -2.21. The number of nitrogens with one attached hydrogen (secondary N) is 1. The first kappa shape index (κ1) is 10.6. The zero-order chi connectivity index (χ0) is 10.1. The average Bonchev–Trinajstić information content (AvgIpc) is 2.48. The number of H-pyrrole nitrogens is 1. The normalized spacial score (nSPS) is 18.4. The van der Waals surface area contributed by atoms with Gasteiger partial charge in [0.05, 0.1) is 3.57 Å². The van der Waals surface area contributed by atoms with Gasteiger partial charge in [-0.15, -0.1) is 0 Å². The number of likely N-dealkylation sites (N-methyl/N-ethyl adjacent to an activating group) is 1. The molecule has 0 spiro atoms. The van der Waals surface area contributed by atoms with Crippen molar-refractivity contribution in [2.75, 3.05) is 20.1 Å². The number of hydrogen-bond acceptors (Lipinski definition) is 2. The molecule has 0 amide bonds. The highest BCUT2D eigenvalue weighted by molar-refractivity contribution is 14.1. The van der Waals surface area contributed by atoms with Crippen molar-refractivity contribution in [2.24, 2.45) is 0 Å². The standard InChI is InChI=1S/C9H11BrIN3/c1-14-4-2-3-6(5-14)8-7(11)9(10)13-12-8/h3H,2,4-5H2,1H3,(H,12,13). The fourth-order valence-corrected chi connectivity index (χ4v) is 2.45. The van der Waals surface area contributed by atoms with E-state index in [4.69, 9.17) is 0 Å². The van der Waals surface area contributed by atoms with Crippen LogP contribution in [0.4, 0.5) is 0 Å². The lowest BCUT2D eigenvalue weighted by Crippen LogP contribution is -2.25. The van der Waals surface area contributed by atoms with Crippen LogP contribution in [0.15, 0.2) is 10.7 Å². The van der Waals surface area contributed by atoms with Crippen molar-refractivity contribution in [1.29, 1.82) is 0 Å². The van der Waals surface area contributed by atoms with Crippen molar-refractivity contribution < 1.29 is 0 Å². The molecular formula is C9H11BrIN3. The van der Waals surface area contributed by atoms with Gasteiger partial charge in [0, 0.05) is 13.1 Å². The molecule has 2 heterocycles. The van der Waals surface area contributed by atoms with E-state index in [1.54, 1.807) is 0 Å². The third-order valence-corrected chi connectivity index (χ3v) is 4.68. The van der Waals surface area contributed by atoms with E-state index in [-0.39, 0.29) is 0 Å².